The topological polar surface area (TPSA) is 72.6 Å². The molecule has 0 radical (unpaired) electrons. The first-order valence-electron chi connectivity index (χ1n) is 5.08. The SMILES string of the molecule is COc1ccc(Br)c(-c2noc(C)c2C(=O)O)c1. The molecule has 1 N–H and O–H groups in total. The lowest BCUT2D eigenvalue weighted by Crippen LogP contribution is -1.99. The van der Waals surface area contributed by atoms with E-state index in [2.05, 4.69) is 21.1 Å². The van der Waals surface area contributed by atoms with Crippen LogP contribution in [0.1, 0.15) is 16.1 Å². The third kappa shape index (κ3) is 2.11. The fourth-order valence-corrected chi connectivity index (χ4v) is 2.06. The Hall–Kier alpha value is -1.82. The highest BCUT2D eigenvalue weighted by Gasteiger charge is 2.22. The summed E-state index contributed by atoms with van der Waals surface area (Å²) in [6.45, 7) is 1.56. The van der Waals surface area contributed by atoms with Crippen molar-refractivity contribution in [1.82, 2.24) is 5.16 Å². The largest absolute Gasteiger partial charge is 0.497 e. The predicted molar refractivity (Wildman–Crippen MR) is 67.9 cm³/mol. The van der Waals surface area contributed by atoms with Gasteiger partial charge in [0, 0.05) is 10.0 Å². The third-order valence-electron chi connectivity index (χ3n) is 2.51. The van der Waals surface area contributed by atoms with E-state index >= 15 is 0 Å². The molecule has 0 amide bonds. The van der Waals surface area contributed by atoms with Gasteiger partial charge in [0.2, 0.25) is 0 Å². The van der Waals surface area contributed by atoms with Gasteiger partial charge in [0.05, 0.1) is 7.11 Å². The molecular weight excluding hydrogens is 302 g/mol. The highest BCUT2D eigenvalue weighted by atomic mass is 79.9. The molecule has 1 aromatic carbocycles. The molecule has 0 aliphatic heterocycles. The molecule has 0 saturated carbocycles. The van der Waals surface area contributed by atoms with Gasteiger partial charge in [-0.05, 0) is 25.1 Å². The number of carbonyl (C=O) groups is 1. The minimum absolute atomic E-state index is 0.0592. The summed E-state index contributed by atoms with van der Waals surface area (Å²) in [5.74, 6) is -0.184. The van der Waals surface area contributed by atoms with Gasteiger partial charge in [0.1, 0.15) is 22.8 Å². The second-order valence-electron chi connectivity index (χ2n) is 3.61. The number of methoxy groups -OCH3 is 1. The lowest BCUT2D eigenvalue weighted by Gasteiger charge is -2.05. The van der Waals surface area contributed by atoms with Gasteiger partial charge >= 0.3 is 5.97 Å². The maximum atomic E-state index is 11.2. The molecule has 0 saturated heterocycles. The molecular formula is C12H10BrNO4. The van der Waals surface area contributed by atoms with Crippen LogP contribution in [0.3, 0.4) is 0 Å². The standard InChI is InChI=1S/C12H10BrNO4/c1-6-10(12(15)16)11(14-18-6)8-5-7(17-2)3-4-9(8)13/h3-5H,1-2H3,(H,15,16). The highest BCUT2D eigenvalue weighted by molar-refractivity contribution is 9.10. The molecule has 1 aromatic heterocycles. The van der Waals surface area contributed by atoms with Crippen molar-refractivity contribution in [3.05, 3.63) is 34.0 Å². The summed E-state index contributed by atoms with van der Waals surface area (Å²) in [5, 5.41) is 13.0. The summed E-state index contributed by atoms with van der Waals surface area (Å²) >= 11 is 3.36. The molecule has 2 rings (SSSR count). The Morgan fingerprint density at radius 3 is 2.83 bits per heavy atom. The number of hydrogen-bond acceptors (Lipinski definition) is 4. The quantitative estimate of drug-likeness (QED) is 0.942. The highest BCUT2D eigenvalue weighted by Crippen LogP contribution is 2.34. The van der Waals surface area contributed by atoms with E-state index in [4.69, 9.17) is 14.4 Å². The summed E-state index contributed by atoms with van der Waals surface area (Å²) in [4.78, 5) is 11.2. The minimum Gasteiger partial charge on any atom is -0.497 e. The van der Waals surface area contributed by atoms with Gasteiger partial charge < -0.3 is 14.4 Å². The van der Waals surface area contributed by atoms with Crippen LogP contribution in [0.2, 0.25) is 0 Å². The molecule has 5 nitrogen and oxygen atoms in total. The molecule has 0 bridgehead atoms. The summed E-state index contributed by atoms with van der Waals surface area (Å²) in [5.41, 5.74) is 0.957. The molecule has 0 spiro atoms. The van der Waals surface area contributed by atoms with Crippen molar-refractivity contribution in [3.8, 4) is 17.0 Å². The van der Waals surface area contributed by atoms with E-state index in [1.54, 1.807) is 32.2 Å². The summed E-state index contributed by atoms with van der Waals surface area (Å²) in [6, 6.07) is 5.23. The van der Waals surface area contributed by atoms with Gasteiger partial charge in [-0.2, -0.15) is 0 Å². The van der Waals surface area contributed by atoms with Crippen molar-refractivity contribution >= 4 is 21.9 Å². The van der Waals surface area contributed by atoms with Crippen molar-refractivity contribution in [2.75, 3.05) is 7.11 Å². The first kappa shape index (κ1) is 12.6. The first-order valence-corrected chi connectivity index (χ1v) is 5.87. The zero-order valence-corrected chi connectivity index (χ0v) is 11.3. The lowest BCUT2D eigenvalue weighted by atomic mass is 10.1. The molecule has 0 atom stereocenters. The van der Waals surface area contributed by atoms with E-state index in [0.717, 1.165) is 4.47 Å². The Morgan fingerprint density at radius 1 is 1.50 bits per heavy atom. The zero-order chi connectivity index (χ0) is 13.3. The molecule has 18 heavy (non-hydrogen) atoms. The maximum Gasteiger partial charge on any atom is 0.341 e. The molecule has 0 fully saturated rings. The average molecular weight is 312 g/mol. The van der Waals surface area contributed by atoms with Crippen LogP contribution >= 0.6 is 15.9 Å². The summed E-state index contributed by atoms with van der Waals surface area (Å²) in [6.07, 6.45) is 0. The first-order chi connectivity index (χ1) is 8.54. The number of hydrogen-bond donors (Lipinski definition) is 1. The fraction of sp³-hybridized carbons (Fsp3) is 0.167. The van der Waals surface area contributed by atoms with Crippen LogP contribution in [-0.2, 0) is 0 Å². The third-order valence-corrected chi connectivity index (χ3v) is 3.20. The summed E-state index contributed by atoms with van der Waals surface area (Å²) < 4.78 is 10.8. The number of aromatic carboxylic acids is 1. The van der Waals surface area contributed by atoms with E-state index in [0.29, 0.717) is 11.3 Å². The van der Waals surface area contributed by atoms with Crippen molar-refractivity contribution in [2.45, 2.75) is 6.92 Å². The zero-order valence-electron chi connectivity index (χ0n) is 9.73. The smallest absolute Gasteiger partial charge is 0.341 e. The number of nitrogens with zero attached hydrogens (tertiary/aromatic N) is 1. The summed E-state index contributed by atoms with van der Waals surface area (Å²) in [7, 11) is 1.54. The van der Waals surface area contributed by atoms with Crippen LogP contribution < -0.4 is 4.74 Å². The molecule has 2 aromatic rings. The molecule has 1 heterocycles. The second-order valence-corrected chi connectivity index (χ2v) is 4.47. The molecule has 0 unspecified atom stereocenters. The van der Waals surface area contributed by atoms with Crippen LogP contribution in [0.5, 0.6) is 5.75 Å². The van der Waals surface area contributed by atoms with E-state index < -0.39 is 5.97 Å². The maximum absolute atomic E-state index is 11.2. The van der Waals surface area contributed by atoms with Crippen molar-refractivity contribution in [1.29, 1.82) is 0 Å². The molecule has 0 aliphatic rings. The van der Waals surface area contributed by atoms with Gasteiger partial charge in [0.25, 0.3) is 0 Å². The van der Waals surface area contributed by atoms with Crippen LogP contribution in [0, 0.1) is 6.92 Å². The number of ether oxygens (including phenoxy) is 1. The van der Waals surface area contributed by atoms with Gasteiger partial charge in [-0.15, -0.1) is 0 Å². The number of rotatable bonds is 3. The average Bonchev–Trinajstić information content (AvgIpc) is 2.72. The number of carboxylic acids is 1. The normalized spacial score (nSPS) is 10.4. The Morgan fingerprint density at radius 2 is 2.22 bits per heavy atom. The monoisotopic (exact) mass is 311 g/mol. The molecule has 94 valence electrons. The number of carboxylic acid groups (broad SMARTS) is 1. The number of benzene rings is 1. The fourth-order valence-electron chi connectivity index (χ4n) is 1.62. The number of halogens is 1. The van der Waals surface area contributed by atoms with Crippen LogP contribution in [0.4, 0.5) is 0 Å². The van der Waals surface area contributed by atoms with E-state index in [1.165, 1.54) is 0 Å². The number of aromatic nitrogens is 1. The van der Waals surface area contributed by atoms with E-state index in [9.17, 15) is 4.79 Å². The minimum atomic E-state index is -1.07. The van der Waals surface area contributed by atoms with Gasteiger partial charge in [-0.3, -0.25) is 0 Å². The second kappa shape index (κ2) is 4.81. The predicted octanol–water partition coefficient (Wildman–Crippen LogP) is 3.12. The van der Waals surface area contributed by atoms with Gasteiger partial charge in [-0.1, -0.05) is 21.1 Å². The Bertz CT molecular complexity index is 606. The van der Waals surface area contributed by atoms with Crippen molar-refractivity contribution < 1.29 is 19.2 Å². The van der Waals surface area contributed by atoms with E-state index in [1.807, 2.05) is 0 Å². The molecule has 0 aliphatic carbocycles. The lowest BCUT2D eigenvalue weighted by molar-refractivity contribution is 0.0696. The number of aryl methyl sites for hydroxylation is 1. The molecule has 6 heteroatoms. The van der Waals surface area contributed by atoms with Crippen molar-refractivity contribution in [3.63, 3.8) is 0 Å². The Labute approximate surface area is 111 Å². The van der Waals surface area contributed by atoms with Crippen LogP contribution in [0.25, 0.3) is 11.3 Å². The van der Waals surface area contributed by atoms with Crippen molar-refractivity contribution in [2.24, 2.45) is 0 Å². The van der Waals surface area contributed by atoms with Gasteiger partial charge in [0.15, 0.2) is 0 Å². The van der Waals surface area contributed by atoms with Crippen LogP contribution in [-0.4, -0.2) is 23.3 Å². The van der Waals surface area contributed by atoms with Crippen LogP contribution in [0.15, 0.2) is 27.2 Å². The Kier molecular flexibility index (Phi) is 3.38. The van der Waals surface area contributed by atoms with Gasteiger partial charge in [-0.25, -0.2) is 4.79 Å². The van der Waals surface area contributed by atoms with E-state index in [-0.39, 0.29) is 17.0 Å². The Balaban J connectivity index is 2.65.